The minimum absolute atomic E-state index is 0. The van der Waals surface area contributed by atoms with Crippen molar-refractivity contribution >= 4 is 93.1 Å². The Bertz CT molecular complexity index is 3180. The molecule has 0 spiro atoms. The van der Waals surface area contributed by atoms with E-state index >= 15 is 0 Å². The molecule has 0 aliphatic carbocycles. The number of pyridine rings is 2. The number of aliphatic carboxylic acids is 1. The zero-order chi connectivity index (χ0) is 62.4. The van der Waals surface area contributed by atoms with Crippen LogP contribution in [-0.2, 0) is 84.6 Å². The van der Waals surface area contributed by atoms with E-state index in [1.165, 1.54) is 45.1 Å². The molecule has 2 aromatic carbocycles. The summed E-state index contributed by atoms with van der Waals surface area (Å²) in [6.07, 6.45) is 14.3. The van der Waals surface area contributed by atoms with Gasteiger partial charge in [-0.05, 0) is 142 Å². The first-order valence-corrected chi connectivity index (χ1v) is 33.2. The van der Waals surface area contributed by atoms with Crippen LogP contribution in [0.1, 0.15) is 142 Å². The molecule has 0 radical (unpaired) electrons. The SMILES string of the molecule is CC#CC(=O)NCc1ccccc1CCC(=O)CCc1ccnc2[nH]ccc12.CC#CC(=O)O.CCCP1(=O)OP(=O)(CCC)OP(=O)(CCC)O1.CCN(CC)CC.Cl.Cl.NCc1ccccc1CCC(=O)CCc1ccnc2[nH]ccc12.[2H]C. The van der Waals surface area contributed by atoms with Crippen molar-refractivity contribution in [2.75, 3.05) is 38.1 Å². The molecule has 1 aliphatic heterocycles. The van der Waals surface area contributed by atoms with Gasteiger partial charge in [0.05, 0.1) is 18.5 Å². The number of carboxylic acids is 1. The molecule has 23 heteroatoms. The first-order valence-electron chi connectivity index (χ1n) is 29.1. The van der Waals surface area contributed by atoms with Crippen molar-refractivity contribution in [3.8, 4) is 23.7 Å². The van der Waals surface area contributed by atoms with Crippen molar-refractivity contribution < 1.29 is 52.3 Å². The number of benzene rings is 2. The molecule has 1 aliphatic rings. The highest BCUT2D eigenvalue weighted by Crippen LogP contribution is 2.82. The number of carboxylic acid groups (broad SMARTS) is 1. The van der Waals surface area contributed by atoms with Crippen LogP contribution in [-0.4, -0.2) is 91.5 Å². The van der Waals surface area contributed by atoms with Gasteiger partial charge in [-0.25, -0.2) is 27.7 Å². The van der Waals surface area contributed by atoms with Gasteiger partial charge in [-0.2, -0.15) is 0 Å². The number of hydrogen-bond donors (Lipinski definition) is 5. The van der Waals surface area contributed by atoms with Gasteiger partial charge in [0.2, 0.25) is 0 Å². The van der Waals surface area contributed by atoms with E-state index < -0.39 is 28.8 Å². The third-order valence-electron chi connectivity index (χ3n) is 12.7. The van der Waals surface area contributed by atoms with Crippen LogP contribution in [0, 0.1) is 23.7 Å². The molecule has 0 saturated carbocycles. The minimum Gasteiger partial charge on any atom is -0.472 e. The lowest BCUT2D eigenvalue weighted by atomic mass is 9.98. The van der Waals surface area contributed by atoms with Gasteiger partial charge >= 0.3 is 28.8 Å². The minimum atomic E-state index is -3.57. The Hall–Kier alpha value is -5.71. The molecule has 468 valence electrons. The molecule has 18 nitrogen and oxygen atoms in total. The lowest BCUT2D eigenvalue weighted by molar-refractivity contribution is -0.130. The van der Waals surface area contributed by atoms with Gasteiger partial charge in [-0.3, -0.25) is 28.1 Å². The van der Waals surface area contributed by atoms with Crippen molar-refractivity contribution in [1.82, 2.24) is 30.2 Å². The van der Waals surface area contributed by atoms with Crippen LogP contribution >= 0.6 is 47.6 Å². The van der Waals surface area contributed by atoms with Crippen LogP contribution in [0.5, 0.6) is 0 Å². The summed E-state index contributed by atoms with van der Waals surface area (Å²) in [5.41, 5.74) is 14.2. The van der Waals surface area contributed by atoms with Crippen LogP contribution in [0.25, 0.3) is 22.1 Å². The molecule has 1 fully saturated rings. The summed E-state index contributed by atoms with van der Waals surface area (Å²) in [7, 11) is -9.45. The number of carbonyl (C=O) groups excluding carboxylic acids is 3. The second kappa shape index (κ2) is 43.0. The highest BCUT2D eigenvalue weighted by atomic mass is 35.5. The maximum absolute atomic E-state index is 12.4. The van der Waals surface area contributed by atoms with Gasteiger partial charge in [-0.15, -0.1) is 24.8 Å². The number of hydrogen-bond acceptors (Lipinski definition) is 14. The Balaban J connectivity index is 0.00000113. The average molecular weight is 1270 g/mol. The topological polar surface area (TPSA) is 266 Å². The van der Waals surface area contributed by atoms with Crippen molar-refractivity contribution in [3.05, 3.63) is 131 Å². The number of aromatic amines is 2. The van der Waals surface area contributed by atoms with Gasteiger partial charge < -0.3 is 31.0 Å². The third-order valence-corrected chi connectivity index (χ3v) is 21.7. The monoisotopic (exact) mass is 1270 g/mol. The summed E-state index contributed by atoms with van der Waals surface area (Å²) < 4.78 is 58.0. The molecular formula is C62H90Cl2N7O11P3. The molecule has 4 aromatic heterocycles. The Morgan fingerprint density at radius 1 is 0.588 bits per heavy atom. The van der Waals surface area contributed by atoms with Crippen LogP contribution in [0.15, 0.2) is 97.6 Å². The van der Waals surface area contributed by atoms with Gasteiger partial charge in [-0.1, -0.05) is 109 Å². The Morgan fingerprint density at radius 2 is 0.953 bits per heavy atom. The summed E-state index contributed by atoms with van der Waals surface area (Å²) in [4.78, 5) is 62.7. The molecule has 0 atom stereocenters. The molecule has 1 saturated heterocycles. The van der Waals surface area contributed by atoms with Crippen LogP contribution < -0.4 is 11.1 Å². The third kappa shape index (κ3) is 29.0. The van der Waals surface area contributed by atoms with Crippen molar-refractivity contribution in [3.63, 3.8) is 0 Å². The number of amides is 1. The predicted octanol–water partition coefficient (Wildman–Crippen LogP) is 14.3. The van der Waals surface area contributed by atoms with E-state index in [1.54, 1.807) is 40.1 Å². The number of nitrogens with zero attached hydrogens (tertiary/aromatic N) is 3. The van der Waals surface area contributed by atoms with Gasteiger partial charge in [0, 0.05) is 81.6 Å². The molecule has 5 heterocycles. The van der Waals surface area contributed by atoms with Gasteiger partial charge in [0.25, 0.3) is 5.91 Å². The number of rotatable bonds is 24. The number of ketones is 2. The van der Waals surface area contributed by atoms with Crippen molar-refractivity contribution in [2.24, 2.45) is 5.73 Å². The number of H-pyrrole nitrogens is 2. The zero-order valence-corrected chi connectivity index (χ0v) is 55.1. The number of nitrogens with one attached hydrogen (secondary N) is 3. The number of nitrogens with two attached hydrogens (primary N) is 1. The summed E-state index contributed by atoms with van der Waals surface area (Å²) >= 11 is 0. The number of carbonyl (C=O) groups is 4. The lowest BCUT2D eigenvalue weighted by Crippen LogP contribution is -2.21. The van der Waals surface area contributed by atoms with Crippen LogP contribution in [0.4, 0.5) is 0 Å². The Morgan fingerprint density at radius 3 is 1.28 bits per heavy atom. The fraction of sp³-hybridized carbons (Fsp3) is 0.452. The number of aryl methyl sites for hydroxylation is 4. The second-order valence-corrected chi connectivity index (χ2v) is 25.8. The first-order chi connectivity index (χ1) is 40.4. The van der Waals surface area contributed by atoms with E-state index in [4.69, 9.17) is 25.1 Å². The molecule has 0 unspecified atom stereocenters. The Kier molecular flexibility index (Phi) is 39.1. The van der Waals surface area contributed by atoms with Crippen molar-refractivity contribution in [1.29, 1.82) is 0 Å². The Labute approximate surface area is 518 Å². The number of halogens is 2. The fourth-order valence-electron chi connectivity index (χ4n) is 8.58. The zero-order valence-electron chi connectivity index (χ0n) is 51.8. The van der Waals surface area contributed by atoms with E-state index in [2.05, 4.69) is 74.8 Å². The van der Waals surface area contributed by atoms with E-state index in [1.807, 2.05) is 85.0 Å². The summed E-state index contributed by atoms with van der Waals surface area (Å²) in [6.45, 7) is 19.6. The highest BCUT2D eigenvalue weighted by molar-refractivity contribution is 7.80. The van der Waals surface area contributed by atoms with E-state index in [0.717, 1.165) is 57.2 Å². The maximum Gasteiger partial charge on any atom is 0.381 e. The number of aromatic nitrogens is 4. The molecule has 6 aromatic rings. The highest BCUT2D eigenvalue weighted by Gasteiger charge is 2.51. The van der Waals surface area contributed by atoms with E-state index in [9.17, 15) is 32.9 Å². The van der Waals surface area contributed by atoms with Gasteiger partial charge in [0.1, 0.15) is 22.9 Å². The molecule has 7 rings (SSSR count). The molecule has 1 amide bonds. The second-order valence-electron chi connectivity index (χ2n) is 18.8. The maximum atomic E-state index is 12.4. The normalized spacial score (nSPS) is 16.3. The van der Waals surface area contributed by atoms with Crippen molar-refractivity contribution in [2.45, 2.75) is 147 Å². The number of fused-ring (bicyclic) bond motifs is 2. The quantitative estimate of drug-likeness (QED) is 0.0279. The van der Waals surface area contributed by atoms with Gasteiger partial charge in [0.15, 0.2) is 0 Å². The fourth-order valence-corrected chi connectivity index (χ4v) is 17.9. The van der Waals surface area contributed by atoms with Crippen LogP contribution in [0.2, 0.25) is 0 Å². The smallest absolute Gasteiger partial charge is 0.381 e. The summed E-state index contributed by atoms with van der Waals surface area (Å²) in [6, 6.07) is 23.9. The molecule has 85 heavy (non-hydrogen) atoms. The standard InChI is InChI=1S/C23H23N3O2.C19H21N3O.C9H21O6P3.C6H15N.C4H4O2.CH4.2ClH/c1-2-5-22(28)26-16-19-7-4-3-6-17(19)8-10-20(27)11-9-18-12-14-24-23-21(18)13-15-25-23;20-13-16-4-2-1-3-14(16)5-7-17(23)8-6-15-9-11-21-19-18(15)10-12-22-19;1-4-7-16(10)13-17(11,8-5-2)15-18(12,14-16)9-6-3;1-4-7(5-2)6-3;1-2-3-4(5)6;;;/h3-4,6-7,12-15H,8-11,16H2,1H3,(H,24,25)(H,26,28);1-4,9-12H,5-8,13,20H2,(H,21,22);4-9H2,1-3H3;4-6H2,1-3H3;1H3,(H,5,6);1H4;2*1H/i;;;;;1D;;. The summed E-state index contributed by atoms with van der Waals surface area (Å²) in [5, 5.41) is 12.7. The number of Topliss-reactive ketones (excluding diaryl/α,β-unsaturated/α-hetero) is 2. The van der Waals surface area contributed by atoms with E-state index in [0.29, 0.717) is 70.9 Å². The van der Waals surface area contributed by atoms with E-state index in [-0.39, 0.29) is 60.8 Å². The first kappa shape index (κ1) is 77.3. The molecule has 6 N–H and O–H groups in total. The molecule has 0 bridgehead atoms. The lowest BCUT2D eigenvalue weighted by Gasteiger charge is -2.33. The van der Waals surface area contributed by atoms with Crippen LogP contribution in [0.3, 0.4) is 0 Å². The largest absolute Gasteiger partial charge is 0.472 e. The predicted molar refractivity (Wildman–Crippen MR) is 349 cm³/mol. The average Bonchev–Trinajstić information content (AvgIpc) is 1.27. The molecular weight excluding hydrogens is 1180 g/mol. The summed E-state index contributed by atoms with van der Waals surface area (Å²) in [5.74, 6) is 8.30.